The van der Waals surface area contributed by atoms with Crippen LogP contribution < -0.4 is 10.0 Å². The second-order valence-electron chi connectivity index (χ2n) is 7.17. The summed E-state index contributed by atoms with van der Waals surface area (Å²) in [5.74, 6) is -0.773. The number of rotatable bonds is 10. The molecule has 32 heavy (non-hydrogen) atoms. The predicted molar refractivity (Wildman–Crippen MR) is 121 cm³/mol. The van der Waals surface area contributed by atoms with E-state index in [0.29, 0.717) is 30.8 Å². The maximum absolute atomic E-state index is 13.0. The number of hydrogen-bond acceptors (Lipinski definition) is 4. The van der Waals surface area contributed by atoms with Crippen molar-refractivity contribution < 1.29 is 22.3 Å². The Bertz CT molecular complexity index is 1120. The molecule has 6 nitrogen and oxygen atoms in total. The molecule has 2 N–H and O–H groups in total. The van der Waals surface area contributed by atoms with Crippen molar-refractivity contribution in [3.05, 3.63) is 95.8 Å². The molecule has 0 aliphatic carbocycles. The number of hydrogen-bond donors (Lipinski definition) is 2. The van der Waals surface area contributed by atoms with Gasteiger partial charge < -0.3 is 10.1 Å². The number of sulfonamides is 1. The summed E-state index contributed by atoms with van der Waals surface area (Å²) in [6, 6.07) is 20.5. The van der Waals surface area contributed by atoms with E-state index in [-0.39, 0.29) is 16.9 Å². The highest BCUT2D eigenvalue weighted by Crippen LogP contribution is 2.18. The number of anilines is 1. The lowest BCUT2D eigenvalue weighted by Gasteiger charge is -2.13. The van der Waals surface area contributed by atoms with E-state index in [1.54, 1.807) is 0 Å². The fourth-order valence-corrected chi connectivity index (χ4v) is 4.03. The fourth-order valence-electron chi connectivity index (χ4n) is 2.97. The highest BCUT2D eigenvalue weighted by Gasteiger charge is 2.14. The van der Waals surface area contributed by atoms with Crippen LogP contribution in [0, 0.1) is 5.82 Å². The summed E-state index contributed by atoms with van der Waals surface area (Å²) in [6.07, 6.45) is 0.650. The normalized spacial score (nSPS) is 12.2. The lowest BCUT2D eigenvalue weighted by Crippen LogP contribution is -2.25. The second-order valence-corrected chi connectivity index (χ2v) is 8.85. The Balaban J connectivity index is 1.44. The standard InChI is InChI=1S/C24H25FN2O4S/c1-18(19-6-3-2-4-7-19)31-17-5-16-26-24(28)20-8-12-22(13-9-20)27-32(29,30)23-14-10-21(25)11-15-23/h2-4,6-15,18,27H,5,16-17H2,1H3,(H,26,28). The van der Waals surface area contributed by atoms with E-state index in [2.05, 4.69) is 10.0 Å². The van der Waals surface area contributed by atoms with E-state index in [1.165, 1.54) is 36.4 Å². The highest BCUT2D eigenvalue weighted by molar-refractivity contribution is 7.92. The molecule has 1 atom stereocenters. The molecule has 0 saturated carbocycles. The van der Waals surface area contributed by atoms with E-state index in [4.69, 9.17) is 4.74 Å². The molecule has 0 bridgehead atoms. The largest absolute Gasteiger partial charge is 0.374 e. The number of benzene rings is 3. The van der Waals surface area contributed by atoms with Crippen LogP contribution in [0.3, 0.4) is 0 Å². The Labute approximate surface area is 187 Å². The van der Waals surface area contributed by atoms with Crippen molar-refractivity contribution in [3.8, 4) is 0 Å². The molecule has 168 valence electrons. The SMILES string of the molecule is CC(OCCCNC(=O)c1ccc(NS(=O)(=O)c2ccc(F)cc2)cc1)c1ccccc1. The van der Waals surface area contributed by atoms with Gasteiger partial charge in [0.05, 0.1) is 11.0 Å². The van der Waals surface area contributed by atoms with Crippen molar-refractivity contribution in [2.45, 2.75) is 24.3 Å². The Kier molecular flexibility index (Phi) is 7.97. The van der Waals surface area contributed by atoms with E-state index >= 15 is 0 Å². The third-order valence-corrected chi connectivity index (χ3v) is 6.16. The zero-order chi connectivity index (χ0) is 23.0. The minimum atomic E-state index is -3.84. The van der Waals surface area contributed by atoms with Crippen molar-refractivity contribution in [1.29, 1.82) is 0 Å². The summed E-state index contributed by atoms with van der Waals surface area (Å²) in [4.78, 5) is 12.2. The molecule has 0 radical (unpaired) electrons. The first-order chi connectivity index (χ1) is 15.3. The van der Waals surface area contributed by atoms with Crippen LogP contribution in [0.2, 0.25) is 0 Å². The van der Waals surface area contributed by atoms with Crippen molar-refractivity contribution in [2.75, 3.05) is 17.9 Å². The average Bonchev–Trinajstić information content (AvgIpc) is 2.79. The maximum atomic E-state index is 13.0. The number of nitrogens with one attached hydrogen (secondary N) is 2. The van der Waals surface area contributed by atoms with Gasteiger partial charge in [-0.25, -0.2) is 12.8 Å². The third kappa shape index (κ3) is 6.63. The van der Waals surface area contributed by atoms with Gasteiger partial charge in [-0.1, -0.05) is 30.3 Å². The van der Waals surface area contributed by atoms with E-state index in [9.17, 15) is 17.6 Å². The Morgan fingerprint density at radius 1 is 0.969 bits per heavy atom. The van der Waals surface area contributed by atoms with Crippen molar-refractivity contribution in [1.82, 2.24) is 5.32 Å². The van der Waals surface area contributed by atoms with Gasteiger partial charge in [-0.15, -0.1) is 0 Å². The Morgan fingerprint density at radius 2 is 1.62 bits per heavy atom. The fraction of sp³-hybridized carbons (Fsp3) is 0.208. The Hall–Kier alpha value is -3.23. The van der Waals surface area contributed by atoms with Gasteiger partial charge in [0, 0.05) is 24.4 Å². The third-order valence-electron chi connectivity index (χ3n) is 4.77. The first-order valence-corrected chi connectivity index (χ1v) is 11.7. The molecule has 3 aromatic carbocycles. The smallest absolute Gasteiger partial charge is 0.261 e. The first-order valence-electron chi connectivity index (χ1n) is 10.2. The summed E-state index contributed by atoms with van der Waals surface area (Å²) in [5.41, 5.74) is 1.81. The van der Waals surface area contributed by atoms with Gasteiger partial charge in [-0.05, 0) is 67.4 Å². The molecule has 0 aliphatic rings. The number of carbonyl (C=O) groups excluding carboxylic acids is 1. The number of halogens is 1. The minimum absolute atomic E-state index is 0.0156. The van der Waals surface area contributed by atoms with Crippen LogP contribution in [0.25, 0.3) is 0 Å². The van der Waals surface area contributed by atoms with Crippen molar-refractivity contribution in [2.24, 2.45) is 0 Å². The zero-order valence-electron chi connectivity index (χ0n) is 17.6. The van der Waals surface area contributed by atoms with Crippen LogP contribution in [-0.2, 0) is 14.8 Å². The highest BCUT2D eigenvalue weighted by atomic mass is 32.2. The summed E-state index contributed by atoms with van der Waals surface area (Å²) in [5, 5.41) is 2.82. The molecule has 0 saturated heterocycles. The topological polar surface area (TPSA) is 84.5 Å². The van der Waals surface area contributed by atoms with Crippen LogP contribution in [0.5, 0.6) is 0 Å². The van der Waals surface area contributed by atoms with Gasteiger partial charge in [0.15, 0.2) is 0 Å². The maximum Gasteiger partial charge on any atom is 0.261 e. The average molecular weight is 457 g/mol. The molecule has 1 unspecified atom stereocenters. The molecule has 0 aliphatic heterocycles. The summed E-state index contributed by atoms with van der Waals surface area (Å²) >= 11 is 0. The van der Waals surface area contributed by atoms with Crippen LogP contribution in [-0.4, -0.2) is 27.5 Å². The van der Waals surface area contributed by atoms with Gasteiger partial charge >= 0.3 is 0 Å². The molecular weight excluding hydrogens is 431 g/mol. The van der Waals surface area contributed by atoms with Crippen LogP contribution in [0.4, 0.5) is 10.1 Å². The summed E-state index contributed by atoms with van der Waals surface area (Å²) in [6.45, 7) is 2.96. The first kappa shape index (κ1) is 23.4. The molecule has 3 rings (SSSR count). The molecule has 0 spiro atoms. The van der Waals surface area contributed by atoms with Crippen LogP contribution in [0.15, 0.2) is 83.8 Å². The molecule has 0 aromatic heterocycles. The quantitative estimate of drug-likeness (QED) is 0.439. The number of amides is 1. The van der Waals surface area contributed by atoms with E-state index in [0.717, 1.165) is 17.7 Å². The molecule has 1 amide bonds. The van der Waals surface area contributed by atoms with Gasteiger partial charge in [0.25, 0.3) is 15.9 Å². The lowest BCUT2D eigenvalue weighted by atomic mass is 10.1. The van der Waals surface area contributed by atoms with Crippen molar-refractivity contribution in [3.63, 3.8) is 0 Å². The summed E-state index contributed by atoms with van der Waals surface area (Å²) < 4.78 is 45.9. The van der Waals surface area contributed by atoms with Gasteiger partial charge in [-0.3, -0.25) is 9.52 Å². The molecule has 8 heteroatoms. The monoisotopic (exact) mass is 456 g/mol. The Morgan fingerprint density at radius 3 is 2.28 bits per heavy atom. The number of ether oxygens (including phenoxy) is 1. The van der Waals surface area contributed by atoms with Crippen LogP contribution >= 0.6 is 0 Å². The predicted octanol–water partition coefficient (Wildman–Crippen LogP) is 4.52. The zero-order valence-corrected chi connectivity index (χ0v) is 18.4. The lowest BCUT2D eigenvalue weighted by molar-refractivity contribution is 0.0635. The molecular formula is C24H25FN2O4S. The molecule has 0 fully saturated rings. The molecule has 3 aromatic rings. The number of carbonyl (C=O) groups is 1. The van der Waals surface area contributed by atoms with Crippen molar-refractivity contribution >= 4 is 21.6 Å². The molecule has 0 heterocycles. The second kappa shape index (κ2) is 10.9. The van der Waals surface area contributed by atoms with Gasteiger partial charge in [-0.2, -0.15) is 0 Å². The minimum Gasteiger partial charge on any atom is -0.374 e. The van der Waals surface area contributed by atoms with Crippen LogP contribution in [0.1, 0.15) is 35.4 Å². The van der Waals surface area contributed by atoms with Gasteiger partial charge in [0.2, 0.25) is 0 Å². The van der Waals surface area contributed by atoms with Gasteiger partial charge in [0.1, 0.15) is 5.82 Å². The van der Waals surface area contributed by atoms with E-state index in [1.807, 2.05) is 37.3 Å². The summed E-state index contributed by atoms with van der Waals surface area (Å²) in [7, 11) is -3.84. The van der Waals surface area contributed by atoms with E-state index < -0.39 is 15.8 Å².